The van der Waals surface area contributed by atoms with Gasteiger partial charge in [0.15, 0.2) is 0 Å². The smallest absolute Gasteiger partial charge is 0.387 e. The summed E-state index contributed by atoms with van der Waals surface area (Å²) >= 11 is 0. The molecule has 1 aromatic heterocycles. The zero-order valence-electron chi connectivity index (χ0n) is 18.7. The van der Waals surface area contributed by atoms with Crippen molar-refractivity contribution in [1.82, 2.24) is 19.9 Å². The molecule has 1 fully saturated rings. The van der Waals surface area contributed by atoms with Gasteiger partial charge in [-0.25, -0.2) is 9.07 Å². The van der Waals surface area contributed by atoms with Gasteiger partial charge in [-0.15, -0.1) is 5.10 Å². The fourth-order valence-electron chi connectivity index (χ4n) is 4.24. The van der Waals surface area contributed by atoms with Crippen LogP contribution in [0.4, 0.5) is 13.2 Å². The number of aliphatic hydroxyl groups is 2. The Morgan fingerprint density at radius 1 is 1.21 bits per heavy atom. The Kier molecular flexibility index (Phi) is 7.20. The highest BCUT2D eigenvalue weighted by Gasteiger charge is 2.34. The van der Waals surface area contributed by atoms with Gasteiger partial charge in [0.2, 0.25) is 0 Å². The third kappa shape index (κ3) is 5.57. The normalized spacial score (nSPS) is 18.7. The highest BCUT2D eigenvalue weighted by atomic mass is 19.3. The maximum absolute atomic E-state index is 13.2. The third-order valence-corrected chi connectivity index (χ3v) is 6.26. The Balaban J connectivity index is 1.55. The summed E-state index contributed by atoms with van der Waals surface area (Å²) < 4.78 is 45.8. The summed E-state index contributed by atoms with van der Waals surface area (Å²) in [6, 6.07) is 10.7. The minimum Gasteiger partial charge on any atom is -0.434 e. The lowest BCUT2D eigenvalue weighted by Crippen LogP contribution is -2.47. The molecule has 1 aliphatic heterocycles. The van der Waals surface area contributed by atoms with E-state index in [-0.39, 0.29) is 24.1 Å². The number of halogens is 3. The Hall–Kier alpha value is -2.95. The van der Waals surface area contributed by atoms with E-state index in [0.717, 1.165) is 19.4 Å². The molecule has 0 aliphatic carbocycles. The first-order chi connectivity index (χ1) is 16.2. The molecular formula is C24H27F3N4O3. The molecular weight excluding hydrogens is 449 g/mol. The van der Waals surface area contributed by atoms with E-state index in [1.54, 1.807) is 37.4 Å². The van der Waals surface area contributed by atoms with Crippen molar-refractivity contribution in [3.05, 3.63) is 60.0 Å². The summed E-state index contributed by atoms with van der Waals surface area (Å²) in [5.41, 5.74) is 1.05. The zero-order chi connectivity index (χ0) is 24.3. The topological polar surface area (TPSA) is 83.6 Å². The Morgan fingerprint density at radius 2 is 1.97 bits per heavy atom. The van der Waals surface area contributed by atoms with Crippen LogP contribution in [-0.4, -0.2) is 62.0 Å². The van der Waals surface area contributed by atoms with Gasteiger partial charge < -0.3 is 14.9 Å². The van der Waals surface area contributed by atoms with Crippen molar-refractivity contribution in [2.24, 2.45) is 5.92 Å². The van der Waals surface area contributed by atoms with Crippen LogP contribution in [-0.2, 0) is 6.54 Å². The lowest BCUT2D eigenvalue weighted by atomic mass is 9.83. The molecule has 2 aromatic carbocycles. The lowest BCUT2D eigenvalue weighted by molar-refractivity contribution is -0.0702. The maximum Gasteiger partial charge on any atom is 0.387 e. The van der Waals surface area contributed by atoms with Crippen LogP contribution in [0.1, 0.15) is 25.3 Å². The van der Waals surface area contributed by atoms with Crippen molar-refractivity contribution in [3.63, 3.8) is 0 Å². The first-order valence-electron chi connectivity index (χ1n) is 11.1. The number of rotatable bonds is 8. The standard InChI is InChI=1S/C24H27F3N4O3/c1-24(33,15-32)18-3-2-10-30(13-18)12-17-6-9-20(11-22(17)34-23(26)27)31-14-21(28-29-31)16-4-7-19(25)8-5-16/h4-9,11,14,18,23,32-33H,2-3,10,12-13,15H2,1H3/t18-,24+/m0/s1. The molecule has 7 nitrogen and oxygen atoms in total. The average Bonchev–Trinajstić information content (AvgIpc) is 3.31. The van der Waals surface area contributed by atoms with Crippen LogP contribution in [0, 0.1) is 11.7 Å². The summed E-state index contributed by atoms with van der Waals surface area (Å²) in [5.74, 6) is -0.451. The van der Waals surface area contributed by atoms with Crippen LogP contribution in [0.15, 0.2) is 48.7 Å². The van der Waals surface area contributed by atoms with Gasteiger partial charge in [-0.05, 0) is 56.6 Å². The number of piperidine rings is 1. The minimum atomic E-state index is -3.00. The monoisotopic (exact) mass is 476 g/mol. The van der Waals surface area contributed by atoms with Crippen molar-refractivity contribution in [2.75, 3.05) is 19.7 Å². The van der Waals surface area contributed by atoms with Crippen LogP contribution >= 0.6 is 0 Å². The molecule has 1 aliphatic rings. The number of hydrogen-bond donors (Lipinski definition) is 2. The molecule has 10 heteroatoms. The molecule has 0 saturated carbocycles. The predicted octanol–water partition coefficient (Wildman–Crippen LogP) is 3.63. The van der Waals surface area contributed by atoms with Crippen LogP contribution < -0.4 is 4.74 Å². The van der Waals surface area contributed by atoms with Gasteiger partial charge in [-0.1, -0.05) is 11.3 Å². The molecule has 4 rings (SSSR count). The van der Waals surface area contributed by atoms with Gasteiger partial charge in [0.05, 0.1) is 24.1 Å². The fraction of sp³-hybridized carbons (Fsp3) is 0.417. The molecule has 0 unspecified atom stereocenters. The Bertz CT molecular complexity index is 1110. The molecule has 1 saturated heterocycles. The lowest BCUT2D eigenvalue weighted by Gasteiger charge is -2.39. The summed E-state index contributed by atoms with van der Waals surface area (Å²) in [4.78, 5) is 2.06. The van der Waals surface area contributed by atoms with Crippen LogP contribution in [0.25, 0.3) is 16.9 Å². The van der Waals surface area contributed by atoms with Gasteiger partial charge in [0, 0.05) is 36.2 Å². The van der Waals surface area contributed by atoms with E-state index in [1.807, 2.05) is 0 Å². The average molecular weight is 476 g/mol. The third-order valence-electron chi connectivity index (χ3n) is 6.26. The SMILES string of the molecule is C[C@@](O)(CO)[C@H]1CCCN(Cc2ccc(-n3cc(-c4ccc(F)cc4)nn3)cc2OC(F)F)C1. The number of aromatic nitrogens is 3. The zero-order valence-corrected chi connectivity index (χ0v) is 18.7. The van der Waals surface area contributed by atoms with Gasteiger partial charge >= 0.3 is 6.61 Å². The second-order valence-corrected chi connectivity index (χ2v) is 8.82. The molecule has 2 atom stereocenters. The number of benzene rings is 2. The number of likely N-dealkylation sites (tertiary alicyclic amines) is 1. The molecule has 2 N–H and O–H groups in total. The minimum absolute atomic E-state index is 0.0300. The number of ether oxygens (including phenoxy) is 1. The van der Waals surface area contributed by atoms with Gasteiger partial charge in [0.1, 0.15) is 17.3 Å². The van der Waals surface area contributed by atoms with Gasteiger partial charge in [-0.3, -0.25) is 4.90 Å². The van der Waals surface area contributed by atoms with Crippen LogP contribution in [0.3, 0.4) is 0 Å². The second-order valence-electron chi connectivity index (χ2n) is 8.82. The number of alkyl halides is 2. The van der Waals surface area contributed by atoms with Crippen molar-refractivity contribution < 1.29 is 28.1 Å². The molecule has 182 valence electrons. The van der Waals surface area contributed by atoms with Crippen molar-refractivity contribution in [1.29, 1.82) is 0 Å². The largest absolute Gasteiger partial charge is 0.434 e. The molecule has 3 aromatic rings. The van der Waals surface area contributed by atoms with Crippen molar-refractivity contribution in [2.45, 2.75) is 38.5 Å². The summed E-state index contributed by atoms with van der Waals surface area (Å²) in [6.45, 7) is -0.0784. The number of aliphatic hydroxyl groups excluding tert-OH is 1. The second kappa shape index (κ2) is 10.1. The van der Waals surface area contributed by atoms with E-state index < -0.39 is 12.2 Å². The van der Waals surface area contributed by atoms with E-state index in [0.29, 0.717) is 35.6 Å². The van der Waals surface area contributed by atoms with Crippen LogP contribution in [0.5, 0.6) is 5.75 Å². The van der Waals surface area contributed by atoms with E-state index in [2.05, 4.69) is 15.2 Å². The summed E-state index contributed by atoms with van der Waals surface area (Å²) in [5, 5.41) is 28.1. The molecule has 0 spiro atoms. The van der Waals surface area contributed by atoms with Crippen molar-refractivity contribution >= 4 is 0 Å². The predicted molar refractivity (Wildman–Crippen MR) is 119 cm³/mol. The maximum atomic E-state index is 13.2. The van der Waals surface area contributed by atoms with E-state index >= 15 is 0 Å². The molecule has 0 radical (unpaired) electrons. The number of hydrogen-bond acceptors (Lipinski definition) is 6. The first kappa shape index (κ1) is 24.2. The van der Waals surface area contributed by atoms with Gasteiger partial charge in [0.25, 0.3) is 0 Å². The molecule has 34 heavy (non-hydrogen) atoms. The quantitative estimate of drug-likeness (QED) is 0.517. The highest BCUT2D eigenvalue weighted by Crippen LogP contribution is 2.31. The number of nitrogens with zero attached hydrogens (tertiary/aromatic N) is 4. The highest BCUT2D eigenvalue weighted by molar-refractivity contribution is 5.58. The fourth-order valence-corrected chi connectivity index (χ4v) is 4.24. The van der Waals surface area contributed by atoms with Crippen molar-refractivity contribution in [3.8, 4) is 22.7 Å². The van der Waals surface area contributed by atoms with E-state index in [1.165, 1.54) is 22.9 Å². The summed E-state index contributed by atoms with van der Waals surface area (Å²) in [6.07, 6.45) is 3.24. The molecule has 0 amide bonds. The molecule has 0 bridgehead atoms. The Morgan fingerprint density at radius 3 is 2.68 bits per heavy atom. The Labute approximate surface area is 195 Å². The van der Waals surface area contributed by atoms with Gasteiger partial charge in [-0.2, -0.15) is 8.78 Å². The summed E-state index contributed by atoms with van der Waals surface area (Å²) in [7, 11) is 0. The van der Waals surface area contributed by atoms with Crippen LogP contribution in [0.2, 0.25) is 0 Å². The van der Waals surface area contributed by atoms with E-state index in [4.69, 9.17) is 4.74 Å². The van der Waals surface area contributed by atoms with E-state index in [9.17, 15) is 23.4 Å². The molecule has 2 heterocycles. The first-order valence-corrected chi connectivity index (χ1v) is 11.1.